The molecule has 23 heavy (non-hydrogen) atoms. The Hall–Kier alpha value is -2.95. The summed E-state index contributed by atoms with van der Waals surface area (Å²) >= 11 is 0. The second kappa shape index (κ2) is 5.35. The standard InChI is InChI=1S/C18H16N4O/c1-13-11-14-7-5-6-10-17(14)21(13)18(23)16-12-19-22(20-16)15-8-3-2-4-9-15/h2-10,12-13H,11H2,1H3. The molecule has 0 bridgehead atoms. The molecule has 0 N–H and O–H groups in total. The summed E-state index contributed by atoms with van der Waals surface area (Å²) in [5.74, 6) is -0.107. The van der Waals surface area contributed by atoms with Gasteiger partial charge in [-0.25, -0.2) is 0 Å². The molecule has 1 atom stereocenters. The van der Waals surface area contributed by atoms with E-state index in [1.807, 2.05) is 53.4 Å². The highest BCUT2D eigenvalue weighted by molar-refractivity contribution is 6.06. The van der Waals surface area contributed by atoms with Crippen molar-refractivity contribution in [3.05, 3.63) is 72.1 Å². The van der Waals surface area contributed by atoms with Gasteiger partial charge in [-0.3, -0.25) is 4.79 Å². The highest BCUT2D eigenvalue weighted by Crippen LogP contribution is 2.32. The zero-order chi connectivity index (χ0) is 15.8. The van der Waals surface area contributed by atoms with Crippen LogP contribution in [0.2, 0.25) is 0 Å². The number of para-hydroxylation sites is 2. The Kier molecular flexibility index (Phi) is 3.19. The molecular weight excluding hydrogens is 288 g/mol. The lowest BCUT2D eigenvalue weighted by molar-refractivity contribution is 0.0976. The summed E-state index contributed by atoms with van der Waals surface area (Å²) in [6, 6.07) is 17.7. The molecule has 0 saturated carbocycles. The maximum absolute atomic E-state index is 12.9. The van der Waals surface area contributed by atoms with Gasteiger partial charge in [0, 0.05) is 11.7 Å². The summed E-state index contributed by atoms with van der Waals surface area (Å²) in [6.07, 6.45) is 2.40. The zero-order valence-corrected chi connectivity index (χ0v) is 12.8. The number of benzene rings is 2. The summed E-state index contributed by atoms with van der Waals surface area (Å²) in [4.78, 5) is 16.2. The number of carbonyl (C=O) groups is 1. The van der Waals surface area contributed by atoms with Gasteiger partial charge in [0.2, 0.25) is 0 Å². The van der Waals surface area contributed by atoms with Crippen LogP contribution in [0.1, 0.15) is 23.0 Å². The van der Waals surface area contributed by atoms with Gasteiger partial charge in [0.05, 0.1) is 11.9 Å². The maximum Gasteiger partial charge on any atom is 0.280 e. The Morgan fingerprint density at radius 2 is 1.83 bits per heavy atom. The number of amides is 1. The van der Waals surface area contributed by atoms with E-state index in [-0.39, 0.29) is 11.9 Å². The lowest BCUT2D eigenvalue weighted by atomic mass is 10.1. The van der Waals surface area contributed by atoms with Crippen LogP contribution in [0.25, 0.3) is 5.69 Å². The van der Waals surface area contributed by atoms with Gasteiger partial charge in [-0.15, -0.1) is 5.10 Å². The molecule has 2 aromatic carbocycles. The summed E-state index contributed by atoms with van der Waals surface area (Å²) in [7, 11) is 0. The minimum atomic E-state index is -0.107. The molecule has 4 rings (SSSR count). The van der Waals surface area contributed by atoms with Crippen LogP contribution in [0, 0.1) is 0 Å². The predicted molar refractivity (Wildman–Crippen MR) is 87.8 cm³/mol. The van der Waals surface area contributed by atoms with Gasteiger partial charge in [0.25, 0.3) is 5.91 Å². The van der Waals surface area contributed by atoms with Crippen molar-refractivity contribution in [1.29, 1.82) is 0 Å². The number of hydrogen-bond donors (Lipinski definition) is 0. The summed E-state index contributed by atoms with van der Waals surface area (Å²) in [5.41, 5.74) is 3.36. The van der Waals surface area contributed by atoms with Gasteiger partial charge in [0.15, 0.2) is 5.69 Å². The molecule has 3 aromatic rings. The van der Waals surface area contributed by atoms with E-state index < -0.39 is 0 Å². The lowest BCUT2D eigenvalue weighted by Gasteiger charge is -2.21. The summed E-state index contributed by atoms with van der Waals surface area (Å²) in [5, 5.41) is 8.56. The minimum absolute atomic E-state index is 0.107. The van der Waals surface area contributed by atoms with E-state index in [2.05, 4.69) is 23.2 Å². The third kappa shape index (κ3) is 2.30. The Balaban J connectivity index is 1.67. The molecular formula is C18H16N4O. The van der Waals surface area contributed by atoms with Crippen molar-refractivity contribution < 1.29 is 4.79 Å². The number of aromatic nitrogens is 3. The van der Waals surface area contributed by atoms with E-state index in [1.165, 1.54) is 16.6 Å². The monoisotopic (exact) mass is 304 g/mol. The van der Waals surface area contributed by atoms with Crippen molar-refractivity contribution in [3.63, 3.8) is 0 Å². The van der Waals surface area contributed by atoms with E-state index in [4.69, 9.17) is 0 Å². The third-order valence-electron chi connectivity index (χ3n) is 4.12. The van der Waals surface area contributed by atoms with Crippen LogP contribution in [0.15, 0.2) is 60.8 Å². The molecule has 1 aliphatic heterocycles. The predicted octanol–water partition coefficient (Wildman–Crippen LogP) is 2.86. The summed E-state index contributed by atoms with van der Waals surface area (Å²) < 4.78 is 0. The molecule has 0 saturated heterocycles. The van der Waals surface area contributed by atoms with E-state index in [1.54, 1.807) is 0 Å². The average molecular weight is 304 g/mol. The van der Waals surface area contributed by atoms with Crippen LogP contribution in [0.5, 0.6) is 0 Å². The van der Waals surface area contributed by atoms with Crippen molar-refractivity contribution in [2.45, 2.75) is 19.4 Å². The number of rotatable bonds is 2. The SMILES string of the molecule is CC1Cc2ccccc2N1C(=O)c1cnn(-c2ccccc2)n1. The molecule has 114 valence electrons. The topological polar surface area (TPSA) is 51.0 Å². The van der Waals surface area contributed by atoms with E-state index in [0.717, 1.165) is 17.8 Å². The van der Waals surface area contributed by atoms with Crippen LogP contribution in [0.3, 0.4) is 0 Å². The molecule has 1 aliphatic rings. The first-order valence-corrected chi connectivity index (χ1v) is 7.63. The molecule has 1 aromatic heterocycles. The second-order valence-electron chi connectivity index (χ2n) is 5.71. The molecule has 5 heteroatoms. The fraction of sp³-hybridized carbons (Fsp3) is 0.167. The number of hydrogen-bond acceptors (Lipinski definition) is 3. The highest BCUT2D eigenvalue weighted by atomic mass is 16.2. The van der Waals surface area contributed by atoms with E-state index >= 15 is 0 Å². The molecule has 1 unspecified atom stereocenters. The smallest absolute Gasteiger partial charge is 0.280 e. The molecule has 0 aliphatic carbocycles. The van der Waals surface area contributed by atoms with Crippen LogP contribution in [0.4, 0.5) is 5.69 Å². The van der Waals surface area contributed by atoms with Crippen molar-refractivity contribution in [2.24, 2.45) is 0 Å². The Bertz CT molecular complexity index is 856. The largest absolute Gasteiger partial charge is 0.304 e. The minimum Gasteiger partial charge on any atom is -0.304 e. The Morgan fingerprint density at radius 3 is 2.65 bits per heavy atom. The lowest BCUT2D eigenvalue weighted by Crippen LogP contribution is -2.36. The first kappa shape index (κ1) is 13.7. The third-order valence-corrected chi connectivity index (χ3v) is 4.12. The molecule has 0 spiro atoms. The Labute approximate surface area is 134 Å². The number of nitrogens with zero attached hydrogens (tertiary/aromatic N) is 4. The number of carbonyl (C=O) groups excluding carboxylic acids is 1. The highest BCUT2D eigenvalue weighted by Gasteiger charge is 2.32. The average Bonchev–Trinajstić information content (AvgIpc) is 3.19. The molecule has 2 heterocycles. The second-order valence-corrected chi connectivity index (χ2v) is 5.71. The quantitative estimate of drug-likeness (QED) is 0.731. The van der Waals surface area contributed by atoms with Gasteiger partial charge in [-0.1, -0.05) is 36.4 Å². The van der Waals surface area contributed by atoms with E-state index in [0.29, 0.717) is 5.69 Å². The van der Waals surface area contributed by atoms with Gasteiger partial charge < -0.3 is 4.90 Å². The van der Waals surface area contributed by atoms with Gasteiger partial charge >= 0.3 is 0 Å². The number of fused-ring (bicyclic) bond motifs is 1. The molecule has 0 radical (unpaired) electrons. The zero-order valence-electron chi connectivity index (χ0n) is 12.8. The van der Waals surface area contributed by atoms with Crippen LogP contribution < -0.4 is 4.90 Å². The fourth-order valence-corrected chi connectivity index (χ4v) is 3.05. The normalized spacial score (nSPS) is 16.4. The van der Waals surface area contributed by atoms with E-state index in [9.17, 15) is 4.79 Å². The fourth-order valence-electron chi connectivity index (χ4n) is 3.05. The van der Waals surface area contributed by atoms with Crippen molar-refractivity contribution in [3.8, 4) is 5.69 Å². The van der Waals surface area contributed by atoms with Crippen molar-refractivity contribution >= 4 is 11.6 Å². The van der Waals surface area contributed by atoms with Crippen molar-refractivity contribution in [2.75, 3.05) is 4.90 Å². The maximum atomic E-state index is 12.9. The van der Waals surface area contributed by atoms with Crippen LogP contribution in [-0.2, 0) is 6.42 Å². The first-order chi connectivity index (χ1) is 11.2. The molecule has 5 nitrogen and oxygen atoms in total. The Morgan fingerprint density at radius 1 is 1.09 bits per heavy atom. The summed E-state index contributed by atoms with van der Waals surface area (Å²) in [6.45, 7) is 2.06. The van der Waals surface area contributed by atoms with Crippen molar-refractivity contribution in [1.82, 2.24) is 15.0 Å². The number of anilines is 1. The van der Waals surface area contributed by atoms with Crippen LogP contribution >= 0.6 is 0 Å². The molecule has 0 fully saturated rings. The van der Waals surface area contributed by atoms with Gasteiger partial charge in [0.1, 0.15) is 0 Å². The van der Waals surface area contributed by atoms with Gasteiger partial charge in [-0.2, -0.15) is 9.90 Å². The molecule has 1 amide bonds. The van der Waals surface area contributed by atoms with Gasteiger partial charge in [-0.05, 0) is 37.1 Å². The first-order valence-electron chi connectivity index (χ1n) is 7.63. The van der Waals surface area contributed by atoms with Crippen LogP contribution in [-0.4, -0.2) is 26.9 Å².